The van der Waals surface area contributed by atoms with Crippen LogP contribution in [0, 0.1) is 0 Å². The van der Waals surface area contributed by atoms with Crippen molar-refractivity contribution in [3.63, 3.8) is 0 Å². The van der Waals surface area contributed by atoms with Crippen LogP contribution in [0.25, 0.3) is 0 Å². The quantitative estimate of drug-likeness (QED) is 0.785. The Morgan fingerprint density at radius 1 is 1.33 bits per heavy atom. The standard InChI is InChI=1S/C12H17ClO2/c1-3-15-11-6-4-10(5-7-11)12(13)8-9(2)14/h4-7,9,12,14H,3,8H2,1-2H3. The zero-order chi connectivity index (χ0) is 11.3. The van der Waals surface area contributed by atoms with Crippen molar-refractivity contribution in [3.05, 3.63) is 29.8 Å². The average molecular weight is 229 g/mol. The first-order valence-corrected chi connectivity index (χ1v) is 5.62. The first-order chi connectivity index (χ1) is 7.13. The van der Waals surface area contributed by atoms with Gasteiger partial charge in [-0.1, -0.05) is 12.1 Å². The van der Waals surface area contributed by atoms with Gasteiger partial charge in [-0.05, 0) is 38.0 Å². The van der Waals surface area contributed by atoms with Gasteiger partial charge in [0.25, 0.3) is 0 Å². The molecule has 0 fully saturated rings. The van der Waals surface area contributed by atoms with Crippen LogP contribution in [0.2, 0.25) is 0 Å². The van der Waals surface area contributed by atoms with Crippen LogP contribution in [0.1, 0.15) is 31.2 Å². The lowest BCUT2D eigenvalue weighted by molar-refractivity contribution is 0.183. The van der Waals surface area contributed by atoms with E-state index in [1.165, 1.54) is 0 Å². The summed E-state index contributed by atoms with van der Waals surface area (Å²) in [6, 6.07) is 7.67. The van der Waals surface area contributed by atoms with E-state index in [2.05, 4.69) is 0 Å². The van der Waals surface area contributed by atoms with Crippen molar-refractivity contribution in [3.8, 4) is 5.75 Å². The molecule has 0 aliphatic carbocycles. The molecule has 0 aromatic heterocycles. The third-order valence-electron chi connectivity index (χ3n) is 2.10. The second-order valence-electron chi connectivity index (χ2n) is 3.55. The number of hydrogen-bond donors (Lipinski definition) is 1. The third-order valence-corrected chi connectivity index (χ3v) is 2.53. The predicted octanol–water partition coefficient (Wildman–Crippen LogP) is 3.14. The van der Waals surface area contributed by atoms with Crippen LogP contribution in [-0.4, -0.2) is 17.8 Å². The highest BCUT2D eigenvalue weighted by atomic mass is 35.5. The van der Waals surface area contributed by atoms with Crippen LogP contribution in [-0.2, 0) is 0 Å². The van der Waals surface area contributed by atoms with Gasteiger partial charge in [-0.15, -0.1) is 11.6 Å². The van der Waals surface area contributed by atoms with Crippen LogP contribution in [0.4, 0.5) is 0 Å². The summed E-state index contributed by atoms with van der Waals surface area (Å²) in [5, 5.41) is 9.08. The molecule has 1 rings (SSSR count). The topological polar surface area (TPSA) is 29.5 Å². The predicted molar refractivity (Wildman–Crippen MR) is 62.5 cm³/mol. The molecule has 0 heterocycles. The summed E-state index contributed by atoms with van der Waals surface area (Å²) in [6.45, 7) is 4.35. The van der Waals surface area contributed by atoms with E-state index in [0.29, 0.717) is 13.0 Å². The van der Waals surface area contributed by atoms with Crippen molar-refractivity contribution >= 4 is 11.6 Å². The van der Waals surface area contributed by atoms with Gasteiger partial charge in [0.1, 0.15) is 5.75 Å². The van der Waals surface area contributed by atoms with Gasteiger partial charge in [-0.2, -0.15) is 0 Å². The normalized spacial score (nSPS) is 14.7. The molecule has 1 N–H and O–H groups in total. The fourth-order valence-corrected chi connectivity index (χ4v) is 1.78. The summed E-state index contributed by atoms with van der Waals surface area (Å²) in [6.07, 6.45) is 0.189. The molecular formula is C12H17ClO2. The SMILES string of the molecule is CCOc1ccc(C(Cl)CC(C)O)cc1. The Hall–Kier alpha value is -0.730. The molecule has 3 heteroatoms. The monoisotopic (exact) mass is 228 g/mol. The molecule has 0 spiro atoms. The van der Waals surface area contributed by atoms with Crippen molar-refractivity contribution in [2.75, 3.05) is 6.61 Å². The molecule has 0 saturated heterocycles. The van der Waals surface area contributed by atoms with E-state index in [9.17, 15) is 5.11 Å². The van der Waals surface area contributed by atoms with Crippen LogP contribution < -0.4 is 4.74 Å². The largest absolute Gasteiger partial charge is 0.494 e. The molecule has 2 nitrogen and oxygen atoms in total. The number of aliphatic hydroxyl groups is 1. The van der Waals surface area contributed by atoms with Gasteiger partial charge >= 0.3 is 0 Å². The fourth-order valence-electron chi connectivity index (χ4n) is 1.38. The molecule has 1 aromatic carbocycles. The molecule has 0 radical (unpaired) electrons. The van der Waals surface area contributed by atoms with Gasteiger partial charge in [0, 0.05) is 0 Å². The van der Waals surface area contributed by atoms with E-state index in [1.807, 2.05) is 31.2 Å². The number of aliphatic hydroxyl groups excluding tert-OH is 1. The zero-order valence-corrected chi connectivity index (χ0v) is 9.87. The van der Waals surface area contributed by atoms with E-state index < -0.39 is 0 Å². The van der Waals surface area contributed by atoms with Crippen molar-refractivity contribution in [1.82, 2.24) is 0 Å². The second kappa shape index (κ2) is 5.99. The van der Waals surface area contributed by atoms with Crippen molar-refractivity contribution in [2.45, 2.75) is 31.7 Å². The molecule has 1 aromatic rings. The molecule has 15 heavy (non-hydrogen) atoms. The van der Waals surface area contributed by atoms with Gasteiger partial charge < -0.3 is 9.84 Å². The number of benzene rings is 1. The lowest BCUT2D eigenvalue weighted by atomic mass is 10.1. The maximum atomic E-state index is 9.21. The average Bonchev–Trinajstić information content (AvgIpc) is 2.18. The first-order valence-electron chi connectivity index (χ1n) is 5.18. The van der Waals surface area contributed by atoms with Crippen molar-refractivity contribution in [2.24, 2.45) is 0 Å². The van der Waals surface area contributed by atoms with Gasteiger partial charge in [-0.25, -0.2) is 0 Å². The first kappa shape index (κ1) is 12.3. The van der Waals surface area contributed by atoms with Gasteiger partial charge in [0.05, 0.1) is 18.1 Å². The zero-order valence-electron chi connectivity index (χ0n) is 9.11. The molecule has 0 amide bonds. The Labute approximate surface area is 95.8 Å². The van der Waals surface area contributed by atoms with Crippen LogP contribution in [0.5, 0.6) is 5.75 Å². The molecule has 0 aliphatic heterocycles. The lowest BCUT2D eigenvalue weighted by Crippen LogP contribution is -2.04. The highest BCUT2D eigenvalue weighted by molar-refractivity contribution is 6.20. The minimum atomic E-state index is -0.376. The summed E-state index contributed by atoms with van der Waals surface area (Å²) in [5.74, 6) is 0.849. The van der Waals surface area contributed by atoms with Crippen molar-refractivity contribution in [1.29, 1.82) is 0 Å². The number of alkyl halides is 1. The van der Waals surface area contributed by atoms with Crippen LogP contribution in [0.3, 0.4) is 0 Å². The molecule has 2 atom stereocenters. The Morgan fingerprint density at radius 3 is 2.40 bits per heavy atom. The van der Waals surface area contributed by atoms with Gasteiger partial charge in [0.2, 0.25) is 0 Å². The fraction of sp³-hybridized carbons (Fsp3) is 0.500. The molecule has 0 bridgehead atoms. The summed E-state index contributed by atoms with van der Waals surface area (Å²) >= 11 is 6.13. The van der Waals surface area contributed by atoms with E-state index in [1.54, 1.807) is 6.92 Å². The maximum absolute atomic E-state index is 9.21. The molecule has 2 unspecified atom stereocenters. The van der Waals surface area contributed by atoms with Crippen molar-refractivity contribution < 1.29 is 9.84 Å². The molecule has 0 aliphatic rings. The van der Waals surface area contributed by atoms with E-state index >= 15 is 0 Å². The Balaban J connectivity index is 2.62. The molecule has 84 valence electrons. The summed E-state index contributed by atoms with van der Waals surface area (Å²) < 4.78 is 5.33. The summed E-state index contributed by atoms with van der Waals surface area (Å²) in [5.41, 5.74) is 1.01. The highest BCUT2D eigenvalue weighted by Crippen LogP contribution is 2.27. The molecule has 0 saturated carbocycles. The Morgan fingerprint density at radius 2 is 1.93 bits per heavy atom. The lowest BCUT2D eigenvalue weighted by Gasteiger charge is -2.12. The number of halogens is 1. The Kier molecular flexibility index (Phi) is 4.92. The minimum Gasteiger partial charge on any atom is -0.494 e. The summed E-state index contributed by atoms with van der Waals surface area (Å²) in [7, 11) is 0. The smallest absolute Gasteiger partial charge is 0.119 e. The summed E-state index contributed by atoms with van der Waals surface area (Å²) in [4.78, 5) is 0. The number of ether oxygens (including phenoxy) is 1. The van der Waals surface area contributed by atoms with E-state index in [4.69, 9.17) is 16.3 Å². The van der Waals surface area contributed by atoms with E-state index in [0.717, 1.165) is 11.3 Å². The third kappa shape index (κ3) is 4.10. The maximum Gasteiger partial charge on any atom is 0.119 e. The van der Waals surface area contributed by atoms with Gasteiger partial charge in [0.15, 0.2) is 0 Å². The highest BCUT2D eigenvalue weighted by Gasteiger charge is 2.10. The number of rotatable bonds is 5. The number of hydrogen-bond acceptors (Lipinski definition) is 2. The van der Waals surface area contributed by atoms with Crippen LogP contribution >= 0.6 is 11.6 Å². The minimum absolute atomic E-state index is 0.138. The molecular weight excluding hydrogens is 212 g/mol. The van der Waals surface area contributed by atoms with Crippen LogP contribution in [0.15, 0.2) is 24.3 Å². The Bertz CT molecular complexity index is 282. The van der Waals surface area contributed by atoms with E-state index in [-0.39, 0.29) is 11.5 Å². The second-order valence-corrected chi connectivity index (χ2v) is 4.08. The van der Waals surface area contributed by atoms with Gasteiger partial charge in [-0.3, -0.25) is 0 Å².